The second-order valence-corrected chi connectivity index (χ2v) is 5.17. The van der Waals surface area contributed by atoms with E-state index in [0.717, 1.165) is 9.90 Å². The molecule has 0 bridgehead atoms. The van der Waals surface area contributed by atoms with Crippen LogP contribution in [0.2, 0.25) is 4.34 Å². The average molecular weight is 277 g/mol. The van der Waals surface area contributed by atoms with E-state index in [1.165, 1.54) is 11.3 Å². The molecule has 0 aliphatic carbocycles. The quantitative estimate of drug-likeness (QED) is 0.747. The SMILES string of the molecule is COCCNC(=O)CNC(C)c1csc(Cl)c1. The van der Waals surface area contributed by atoms with E-state index < -0.39 is 0 Å². The predicted molar refractivity (Wildman–Crippen MR) is 70.6 cm³/mol. The molecule has 0 spiro atoms. The number of carbonyl (C=O) groups excluding carboxylic acids is 1. The largest absolute Gasteiger partial charge is 0.383 e. The third kappa shape index (κ3) is 5.50. The van der Waals surface area contributed by atoms with Crippen LogP contribution < -0.4 is 10.6 Å². The lowest BCUT2D eigenvalue weighted by molar-refractivity contribution is -0.120. The van der Waals surface area contributed by atoms with Gasteiger partial charge in [-0.3, -0.25) is 4.79 Å². The van der Waals surface area contributed by atoms with Crippen molar-refractivity contribution >= 4 is 28.8 Å². The fraction of sp³-hybridized carbons (Fsp3) is 0.545. The molecule has 1 rings (SSSR count). The molecule has 1 unspecified atom stereocenters. The molecular formula is C11H17ClN2O2S. The number of thiophene rings is 1. The zero-order valence-corrected chi connectivity index (χ0v) is 11.5. The Morgan fingerprint density at radius 1 is 1.65 bits per heavy atom. The van der Waals surface area contributed by atoms with Crippen LogP contribution in [0.25, 0.3) is 0 Å². The van der Waals surface area contributed by atoms with Crippen molar-refractivity contribution in [3.8, 4) is 0 Å². The molecule has 0 radical (unpaired) electrons. The molecule has 1 atom stereocenters. The zero-order valence-electron chi connectivity index (χ0n) is 9.96. The van der Waals surface area contributed by atoms with Gasteiger partial charge < -0.3 is 15.4 Å². The van der Waals surface area contributed by atoms with E-state index in [1.807, 2.05) is 18.4 Å². The van der Waals surface area contributed by atoms with Crippen LogP contribution in [0.15, 0.2) is 11.4 Å². The van der Waals surface area contributed by atoms with Crippen molar-refractivity contribution in [2.45, 2.75) is 13.0 Å². The Morgan fingerprint density at radius 2 is 2.41 bits per heavy atom. The van der Waals surface area contributed by atoms with Crippen LogP contribution in [0.5, 0.6) is 0 Å². The molecule has 17 heavy (non-hydrogen) atoms. The van der Waals surface area contributed by atoms with Crippen molar-refractivity contribution < 1.29 is 9.53 Å². The van der Waals surface area contributed by atoms with Crippen molar-refractivity contribution in [2.24, 2.45) is 0 Å². The van der Waals surface area contributed by atoms with E-state index in [1.54, 1.807) is 7.11 Å². The number of methoxy groups -OCH3 is 1. The standard InChI is InChI=1S/C11H17ClN2O2S/c1-8(9-5-10(12)17-7-9)14-6-11(15)13-3-4-16-2/h5,7-8,14H,3-4,6H2,1-2H3,(H,13,15). The van der Waals surface area contributed by atoms with Gasteiger partial charge in [0, 0.05) is 19.7 Å². The molecule has 0 fully saturated rings. The molecule has 2 N–H and O–H groups in total. The van der Waals surface area contributed by atoms with Crippen LogP contribution in [-0.2, 0) is 9.53 Å². The van der Waals surface area contributed by atoms with Gasteiger partial charge in [-0.05, 0) is 23.9 Å². The van der Waals surface area contributed by atoms with Gasteiger partial charge in [0.25, 0.3) is 0 Å². The van der Waals surface area contributed by atoms with Crippen molar-refractivity contribution in [2.75, 3.05) is 26.8 Å². The second kappa shape index (κ2) is 7.66. The van der Waals surface area contributed by atoms with Gasteiger partial charge in [0.15, 0.2) is 0 Å². The Balaban J connectivity index is 2.23. The summed E-state index contributed by atoms with van der Waals surface area (Å²) in [6, 6.07) is 2.03. The molecular weight excluding hydrogens is 260 g/mol. The summed E-state index contributed by atoms with van der Waals surface area (Å²) in [6.07, 6.45) is 0. The maximum absolute atomic E-state index is 11.4. The van der Waals surface area contributed by atoms with Crippen molar-refractivity contribution in [1.29, 1.82) is 0 Å². The van der Waals surface area contributed by atoms with Gasteiger partial charge in [-0.25, -0.2) is 0 Å². The Bertz CT molecular complexity index is 357. The first-order valence-electron chi connectivity index (χ1n) is 5.36. The fourth-order valence-corrected chi connectivity index (χ4v) is 2.25. The van der Waals surface area contributed by atoms with Gasteiger partial charge in [-0.15, -0.1) is 11.3 Å². The van der Waals surface area contributed by atoms with Crippen LogP contribution in [0.3, 0.4) is 0 Å². The van der Waals surface area contributed by atoms with Crippen LogP contribution in [-0.4, -0.2) is 32.7 Å². The molecule has 0 saturated heterocycles. The number of nitrogens with one attached hydrogen (secondary N) is 2. The normalized spacial score (nSPS) is 12.4. The third-order valence-corrected chi connectivity index (χ3v) is 3.39. The van der Waals surface area contributed by atoms with Gasteiger partial charge in [0.1, 0.15) is 0 Å². The van der Waals surface area contributed by atoms with E-state index in [0.29, 0.717) is 19.7 Å². The highest BCUT2D eigenvalue weighted by Gasteiger charge is 2.08. The number of hydrogen-bond acceptors (Lipinski definition) is 4. The van der Waals surface area contributed by atoms with Crippen LogP contribution in [0.1, 0.15) is 18.5 Å². The summed E-state index contributed by atoms with van der Waals surface area (Å²) in [7, 11) is 1.60. The molecule has 1 amide bonds. The van der Waals surface area contributed by atoms with Crippen molar-refractivity contribution in [1.82, 2.24) is 10.6 Å². The Kier molecular flexibility index (Phi) is 6.50. The lowest BCUT2D eigenvalue weighted by Crippen LogP contribution is -2.36. The molecule has 1 aromatic rings. The van der Waals surface area contributed by atoms with Gasteiger partial charge in [-0.1, -0.05) is 11.6 Å². The molecule has 0 aliphatic rings. The molecule has 0 aliphatic heterocycles. The predicted octanol–water partition coefficient (Wildman–Crippen LogP) is 1.81. The second-order valence-electron chi connectivity index (χ2n) is 3.63. The minimum absolute atomic E-state index is 0.0322. The smallest absolute Gasteiger partial charge is 0.234 e. The number of carbonyl (C=O) groups is 1. The molecule has 0 saturated carbocycles. The van der Waals surface area contributed by atoms with Crippen molar-refractivity contribution in [3.05, 3.63) is 21.3 Å². The summed E-state index contributed by atoms with van der Waals surface area (Å²) < 4.78 is 5.60. The molecule has 96 valence electrons. The first kappa shape index (κ1) is 14.4. The number of hydrogen-bond donors (Lipinski definition) is 2. The van der Waals surface area contributed by atoms with E-state index >= 15 is 0 Å². The molecule has 6 heteroatoms. The molecule has 1 heterocycles. The lowest BCUT2D eigenvalue weighted by Gasteiger charge is -2.12. The number of halogens is 1. The van der Waals surface area contributed by atoms with Gasteiger partial charge >= 0.3 is 0 Å². The van der Waals surface area contributed by atoms with E-state index in [4.69, 9.17) is 16.3 Å². The first-order valence-corrected chi connectivity index (χ1v) is 6.62. The average Bonchev–Trinajstić information content (AvgIpc) is 2.73. The summed E-state index contributed by atoms with van der Waals surface area (Å²) >= 11 is 7.34. The Labute approximate surface area is 110 Å². The van der Waals surface area contributed by atoms with Crippen LogP contribution >= 0.6 is 22.9 Å². The van der Waals surface area contributed by atoms with Gasteiger partial charge in [-0.2, -0.15) is 0 Å². The maximum atomic E-state index is 11.4. The maximum Gasteiger partial charge on any atom is 0.234 e. The minimum atomic E-state index is -0.0322. The Morgan fingerprint density at radius 3 is 3.00 bits per heavy atom. The number of amides is 1. The van der Waals surface area contributed by atoms with Crippen LogP contribution in [0.4, 0.5) is 0 Å². The lowest BCUT2D eigenvalue weighted by atomic mass is 10.2. The van der Waals surface area contributed by atoms with Crippen molar-refractivity contribution in [3.63, 3.8) is 0 Å². The van der Waals surface area contributed by atoms with Gasteiger partial charge in [0.2, 0.25) is 5.91 Å². The van der Waals surface area contributed by atoms with E-state index in [-0.39, 0.29) is 11.9 Å². The topological polar surface area (TPSA) is 50.4 Å². The summed E-state index contributed by atoms with van der Waals surface area (Å²) in [5, 5.41) is 7.87. The highest BCUT2D eigenvalue weighted by Crippen LogP contribution is 2.24. The first-order chi connectivity index (χ1) is 8.13. The zero-order chi connectivity index (χ0) is 12.7. The summed E-state index contributed by atoms with van der Waals surface area (Å²) in [6.45, 7) is 3.36. The highest BCUT2D eigenvalue weighted by atomic mass is 35.5. The monoisotopic (exact) mass is 276 g/mol. The summed E-state index contributed by atoms with van der Waals surface area (Å²) in [5.74, 6) is -0.0322. The summed E-state index contributed by atoms with van der Waals surface area (Å²) in [5.41, 5.74) is 1.10. The summed E-state index contributed by atoms with van der Waals surface area (Å²) in [4.78, 5) is 11.4. The molecule has 1 aromatic heterocycles. The number of rotatable bonds is 7. The number of ether oxygens (including phenoxy) is 1. The third-order valence-electron chi connectivity index (χ3n) is 2.28. The fourth-order valence-electron chi connectivity index (χ4n) is 1.27. The van der Waals surface area contributed by atoms with E-state index in [2.05, 4.69) is 10.6 Å². The van der Waals surface area contributed by atoms with Crippen LogP contribution in [0, 0.1) is 0 Å². The Hall–Kier alpha value is -0.620. The highest BCUT2D eigenvalue weighted by molar-refractivity contribution is 7.14. The minimum Gasteiger partial charge on any atom is -0.383 e. The van der Waals surface area contributed by atoms with E-state index in [9.17, 15) is 4.79 Å². The van der Waals surface area contributed by atoms with Gasteiger partial charge in [0.05, 0.1) is 17.5 Å². The molecule has 4 nitrogen and oxygen atoms in total. The molecule has 0 aromatic carbocycles.